The second-order valence-electron chi connectivity index (χ2n) is 8.47. The molecule has 0 bridgehead atoms. The molecule has 3 aromatic rings. The minimum atomic E-state index is -0.403. The number of nitrogens with zero attached hydrogens (tertiary/aromatic N) is 1. The average Bonchev–Trinajstić information content (AvgIpc) is 3.34. The number of carbonyl (C=O) groups is 1. The van der Waals surface area contributed by atoms with E-state index in [0.29, 0.717) is 12.3 Å². The van der Waals surface area contributed by atoms with Gasteiger partial charge in [-0.1, -0.05) is 36.4 Å². The van der Waals surface area contributed by atoms with Crippen molar-refractivity contribution in [3.05, 3.63) is 93.9 Å². The first-order valence-electron chi connectivity index (χ1n) is 11.4. The highest BCUT2D eigenvalue weighted by Crippen LogP contribution is 2.33. The highest BCUT2D eigenvalue weighted by atomic mass is 16.5. The van der Waals surface area contributed by atoms with Gasteiger partial charge in [-0.15, -0.1) is 0 Å². The first-order chi connectivity index (χ1) is 16.0. The smallest absolute Gasteiger partial charge is 0.263 e. The van der Waals surface area contributed by atoms with E-state index in [-0.39, 0.29) is 23.3 Å². The molecule has 1 aliphatic rings. The summed E-state index contributed by atoms with van der Waals surface area (Å²) in [5, 5.41) is 2.94. The molecule has 2 aromatic carbocycles. The zero-order valence-corrected chi connectivity index (χ0v) is 19.1. The summed E-state index contributed by atoms with van der Waals surface area (Å²) in [6, 6.07) is 18.4. The molecule has 0 aliphatic heterocycles. The van der Waals surface area contributed by atoms with Gasteiger partial charge in [-0.25, -0.2) is 0 Å². The van der Waals surface area contributed by atoms with Crippen LogP contribution < -0.4 is 20.3 Å². The Morgan fingerprint density at radius 2 is 1.82 bits per heavy atom. The third-order valence-corrected chi connectivity index (χ3v) is 6.09. The lowest BCUT2D eigenvalue weighted by Gasteiger charge is -2.19. The second-order valence-corrected chi connectivity index (χ2v) is 8.47. The van der Waals surface area contributed by atoms with Crippen LogP contribution in [0.15, 0.2) is 71.7 Å². The van der Waals surface area contributed by atoms with Gasteiger partial charge in [0.1, 0.15) is 5.56 Å². The molecule has 1 fully saturated rings. The van der Waals surface area contributed by atoms with Gasteiger partial charge in [0.05, 0.1) is 25.8 Å². The van der Waals surface area contributed by atoms with E-state index in [4.69, 9.17) is 9.47 Å². The Labute approximate surface area is 194 Å². The van der Waals surface area contributed by atoms with E-state index in [0.717, 1.165) is 29.7 Å². The Bertz CT molecular complexity index is 1150. The van der Waals surface area contributed by atoms with Crippen molar-refractivity contribution in [2.24, 2.45) is 0 Å². The predicted molar refractivity (Wildman–Crippen MR) is 128 cm³/mol. The van der Waals surface area contributed by atoms with Crippen molar-refractivity contribution in [1.82, 2.24) is 9.88 Å². The van der Waals surface area contributed by atoms with Gasteiger partial charge < -0.3 is 19.4 Å². The Morgan fingerprint density at radius 3 is 2.55 bits per heavy atom. The number of benzene rings is 2. The fourth-order valence-corrected chi connectivity index (χ4v) is 4.21. The molecule has 1 amide bonds. The van der Waals surface area contributed by atoms with Crippen LogP contribution in [0.1, 0.15) is 60.1 Å². The Hall–Kier alpha value is -3.54. The maximum Gasteiger partial charge on any atom is 0.263 e. The molecule has 6 nitrogen and oxygen atoms in total. The molecule has 0 radical (unpaired) electrons. The second kappa shape index (κ2) is 10.4. The molecule has 1 N–H and O–H groups in total. The SMILES string of the molecule is COc1cc(C(C)NC(=O)c2cccn(Cc3ccccc3)c2=O)ccc1OC1CCCC1. The van der Waals surface area contributed by atoms with Crippen LogP contribution >= 0.6 is 0 Å². The van der Waals surface area contributed by atoms with Gasteiger partial charge in [-0.3, -0.25) is 9.59 Å². The van der Waals surface area contributed by atoms with Crippen LogP contribution in [0, 0.1) is 0 Å². The largest absolute Gasteiger partial charge is 0.493 e. The van der Waals surface area contributed by atoms with Gasteiger partial charge in [0.2, 0.25) is 0 Å². The lowest BCUT2D eigenvalue weighted by molar-refractivity contribution is 0.0937. The third-order valence-electron chi connectivity index (χ3n) is 6.09. The fraction of sp³-hybridized carbons (Fsp3) is 0.333. The summed E-state index contributed by atoms with van der Waals surface area (Å²) >= 11 is 0. The molecule has 6 heteroatoms. The van der Waals surface area contributed by atoms with E-state index < -0.39 is 5.91 Å². The van der Waals surface area contributed by atoms with Gasteiger partial charge in [0.15, 0.2) is 11.5 Å². The van der Waals surface area contributed by atoms with Crippen LogP contribution in [0.2, 0.25) is 0 Å². The third kappa shape index (κ3) is 5.45. The summed E-state index contributed by atoms with van der Waals surface area (Å²) in [5.74, 6) is 0.962. The molecule has 172 valence electrons. The van der Waals surface area contributed by atoms with Crippen LogP contribution in [0.4, 0.5) is 0 Å². The van der Waals surface area contributed by atoms with E-state index >= 15 is 0 Å². The number of nitrogens with one attached hydrogen (secondary N) is 1. The molecule has 1 aliphatic carbocycles. The Balaban J connectivity index is 1.47. The van der Waals surface area contributed by atoms with Crippen LogP contribution in [0.25, 0.3) is 0 Å². The minimum Gasteiger partial charge on any atom is -0.493 e. The minimum absolute atomic E-state index is 0.119. The normalized spacial score (nSPS) is 14.6. The monoisotopic (exact) mass is 446 g/mol. The molecule has 4 rings (SSSR count). The molecule has 1 unspecified atom stereocenters. The van der Waals surface area contributed by atoms with Crippen molar-refractivity contribution in [3.8, 4) is 11.5 Å². The summed E-state index contributed by atoms with van der Waals surface area (Å²) in [4.78, 5) is 25.8. The van der Waals surface area contributed by atoms with Crippen molar-refractivity contribution in [3.63, 3.8) is 0 Å². The molecular weight excluding hydrogens is 416 g/mol. The van der Waals surface area contributed by atoms with E-state index in [9.17, 15) is 9.59 Å². The first-order valence-corrected chi connectivity index (χ1v) is 11.4. The van der Waals surface area contributed by atoms with Gasteiger partial charge in [0, 0.05) is 6.20 Å². The topological polar surface area (TPSA) is 69.6 Å². The number of rotatable bonds is 8. The number of hydrogen-bond acceptors (Lipinski definition) is 4. The van der Waals surface area contributed by atoms with E-state index in [2.05, 4.69) is 5.32 Å². The summed E-state index contributed by atoms with van der Waals surface area (Å²) in [7, 11) is 1.61. The summed E-state index contributed by atoms with van der Waals surface area (Å²) in [6.45, 7) is 2.30. The average molecular weight is 447 g/mol. The van der Waals surface area contributed by atoms with Gasteiger partial charge in [-0.05, 0) is 68.0 Å². The number of carbonyl (C=O) groups excluding carboxylic acids is 1. The van der Waals surface area contributed by atoms with E-state index in [1.165, 1.54) is 12.8 Å². The summed E-state index contributed by atoms with van der Waals surface area (Å²) < 4.78 is 13.2. The van der Waals surface area contributed by atoms with Gasteiger partial charge in [-0.2, -0.15) is 0 Å². The predicted octanol–water partition coefficient (Wildman–Crippen LogP) is 4.72. The molecule has 1 heterocycles. The van der Waals surface area contributed by atoms with Gasteiger partial charge in [0.25, 0.3) is 11.5 Å². The standard InChI is InChI=1S/C27H30N2O4/c1-19(21-14-15-24(25(17-21)32-2)33-22-11-6-7-12-22)28-26(30)23-13-8-16-29(27(23)31)18-20-9-4-3-5-10-20/h3-5,8-10,13-17,19,22H,6-7,11-12,18H2,1-2H3,(H,28,30). The van der Waals surface area contributed by atoms with Crippen molar-refractivity contribution in [2.45, 2.75) is 51.3 Å². The van der Waals surface area contributed by atoms with Crippen molar-refractivity contribution >= 4 is 5.91 Å². The lowest BCUT2D eigenvalue weighted by Crippen LogP contribution is -2.34. The molecule has 0 saturated heterocycles. The molecule has 1 atom stereocenters. The maximum absolute atomic E-state index is 12.9. The number of hydrogen-bond donors (Lipinski definition) is 1. The van der Waals surface area contributed by atoms with Gasteiger partial charge >= 0.3 is 0 Å². The van der Waals surface area contributed by atoms with E-state index in [1.54, 1.807) is 30.0 Å². The highest BCUT2D eigenvalue weighted by molar-refractivity contribution is 5.94. The Morgan fingerprint density at radius 1 is 1.06 bits per heavy atom. The molecular formula is C27H30N2O4. The number of ether oxygens (including phenoxy) is 2. The summed E-state index contributed by atoms with van der Waals surface area (Å²) in [5.41, 5.74) is 1.68. The molecule has 0 spiro atoms. The first kappa shape index (κ1) is 22.6. The maximum atomic E-state index is 12.9. The zero-order chi connectivity index (χ0) is 23.2. The highest BCUT2D eigenvalue weighted by Gasteiger charge is 2.20. The number of amides is 1. The quantitative estimate of drug-likeness (QED) is 0.544. The molecule has 1 aromatic heterocycles. The lowest BCUT2D eigenvalue weighted by atomic mass is 10.1. The van der Waals surface area contributed by atoms with E-state index in [1.807, 2.05) is 55.5 Å². The molecule has 33 heavy (non-hydrogen) atoms. The Kier molecular flexibility index (Phi) is 7.13. The van der Waals surface area contributed by atoms with Crippen LogP contribution in [0.3, 0.4) is 0 Å². The van der Waals surface area contributed by atoms with Crippen molar-refractivity contribution < 1.29 is 14.3 Å². The molecule has 1 saturated carbocycles. The number of aromatic nitrogens is 1. The summed E-state index contributed by atoms with van der Waals surface area (Å²) in [6.07, 6.45) is 6.45. The van der Waals surface area contributed by atoms with Crippen LogP contribution in [-0.4, -0.2) is 23.7 Å². The van der Waals surface area contributed by atoms with Crippen molar-refractivity contribution in [2.75, 3.05) is 7.11 Å². The van der Waals surface area contributed by atoms with Crippen molar-refractivity contribution in [1.29, 1.82) is 0 Å². The van der Waals surface area contributed by atoms with Crippen LogP contribution in [0.5, 0.6) is 11.5 Å². The number of methoxy groups -OCH3 is 1. The fourth-order valence-electron chi connectivity index (χ4n) is 4.21. The van der Waals surface area contributed by atoms with Crippen LogP contribution in [-0.2, 0) is 6.54 Å². The number of pyridine rings is 1. The zero-order valence-electron chi connectivity index (χ0n) is 19.1.